The van der Waals surface area contributed by atoms with E-state index in [0.29, 0.717) is 4.32 Å². The molecule has 7 heteroatoms. The van der Waals surface area contributed by atoms with Gasteiger partial charge >= 0.3 is 0 Å². The minimum atomic E-state index is -0.335. The number of benzene rings is 1. The molecule has 1 aliphatic rings. The maximum absolute atomic E-state index is 13.2. The number of nitrogens with two attached hydrogens (primary N) is 1. The monoisotopic (exact) mass is 456 g/mol. The summed E-state index contributed by atoms with van der Waals surface area (Å²) in [5.41, 5.74) is 8.91. The molecule has 0 radical (unpaired) electrons. The van der Waals surface area contributed by atoms with Crippen LogP contribution in [-0.2, 0) is 16.1 Å². The Hall–Kier alpha value is -1.96. The van der Waals surface area contributed by atoms with E-state index in [1.165, 1.54) is 17.3 Å². The van der Waals surface area contributed by atoms with Crippen LogP contribution in [0.5, 0.6) is 0 Å². The molecule has 1 aromatic carbocycles. The van der Waals surface area contributed by atoms with Gasteiger partial charge in [0, 0.05) is 40.9 Å². The molecule has 1 amide bonds. The van der Waals surface area contributed by atoms with Crippen molar-refractivity contribution in [3.63, 3.8) is 0 Å². The van der Waals surface area contributed by atoms with E-state index < -0.39 is 0 Å². The molecule has 2 unspecified atom stereocenters. The fourth-order valence-electron chi connectivity index (χ4n) is 4.12. The summed E-state index contributed by atoms with van der Waals surface area (Å²) < 4.78 is 0.0614. The topological polar surface area (TPSA) is 71.2 Å². The Morgan fingerprint density at radius 2 is 2.06 bits per heavy atom. The molecule has 3 rings (SSSR count). The molecule has 0 aliphatic carbocycles. The zero-order chi connectivity index (χ0) is 22.3. The van der Waals surface area contributed by atoms with Gasteiger partial charge in [0.1, 0.15) is 4.32 Å². The van der Waals surface area contributed by atoms with E-state index in [1.54, 1.807) is 6.20 Å². The Bertz CT molecular complexity index is 892. The Labute approximate surface area is 195 Å². The Morgan fingerprint density at radius 3 is 2.77 bits per heavy atom. The third kappa shape index (κ3) is 6.51. The van der Waals surface area contributed by atoms with E-state index in [0.717, 1.165) is 56.6 Å². The van der Waals surface area contributed by atoms with Gasteiger partial charge in [-0.1, -0.05) is 61.2 Å². The highest BCUT2D eigenvalue weighted by Gasteiger charge is 2.31. The largest absolute Gasteiger partial charge is 0.385 e. The van der Waals surface area contributed by atoms with Crippen LogP contribution >= 0.6 is 24.0 Å². The predicted molar refractivity (Wildman–Crippen MR) is 134 cm³/mol. The summed E-state index contributed by atoms with van der Waals surface area (Å²) in [6.45, 7) is 7.08. The molecule has 2 heterocycles. The van der Waals surface area contributed by atoms with Crippen molar-refractivity contribution in [1.82, 2.24) is 9.88 Å². The van der Waals surface area contributed by atoms with Crippen molar-refractivity contribution in [2.24, 2.45) is 11.7 Å². The lowest BCUT2D eigenvalue weighted by Gasteiger charge is -2.29. The minimum absolute atomic E-state index is 0.0120. The maximum atomic E-state index is 13.2. The molecule has 0 saturated carbocycles. The SMILES string of the molecule is CCC(C)(SC(N)=S)c1cnccc1NC(=O)C1CCCN(Cc2ccccc2)CC1. The van der Waals surface area contributed by atoms with Crippen molar-refractivity contribution in [3.8, 4) is 0 Å². The fraction of sp³-hybridized carbons (Fsp3) is 0.458. The number of nitrogens with one attached hydrogen (secondary N) is 1. The number of aromatic nitrogens is 1. The molecule has 3 N–H and O–H groups in total. The van der Waals surface area contributed by atoms with Gasteiger partial charge in [-0.3, -0.25) is 14.7 Å². The van der Waals surface area contributed by atoms with Crippen molar-refractivity contribution in [2.45, 2.75) is 50.8 Å². The van der Waals surface area contributed by atoms with Gasteiger partial charge in [-0.2, -0.15) is 0 Å². The number of anilines is 1. The zero-order valence-electron chi connectivity index (χ0n) is 18.3. The predicted octanol–water partition coefficient (Wildman–Crippen LogP) is 4.92. The van der Waals surface area contributed by atoms with Crippen LogP contribution in [0.2, 0.25) is 0 Å². The second-order valence-electron chi connectivity index (χ2n) is 8.31. The normalized spacial score (nSPS) is 19.2. The molecule has 1 saturated heterocycles. The Morgan fingerprint density at radius 1 is 1.29 bits per heavy atom. The molecule has 0 spiro atoms. The van der Waals surface area contributed by atoms with E-state index in [2.05, 4.69) is 53.3 Å². The maximum Gasteiger partial charge on any atom is 0.227 e. The van der Waals surface area contributed by atoms with Crippen LogP contribution in [0, 0.1) is 5.92 Å². The lowest BCUT2D eigenvalue weighted by atomic mass is 9.96. The van der Waals surface area contributed by atoms with Crippen LogP contribution < -0.4 is 11.1 Å². The van der Waals surface area contributed by atoms with Crippen molar-refractivity contribution >= 4 is 39.9 Å². The number of rotatable bonds is 7. The standard InChI is InChI=1S/C24H32N4OS2/c1-3-24(2,31-23(25)30)20-16-26-13-11-21(20)27-22(29)19-10-7-14-28(15-12-19)17-18-8-5-4-6-9-18/h4-6,8-9,11,13,16,19H,3,7,10,12,14-15,17H2,1-2H3,(H2,25,30)(H,26,27,29). The average Bonchev–Trinajstić information content (AvgIpc) is 3.00. The first-order chi connectivity index (χ1) is 14.9. The molecule has 166 valence electrons. The fourth-order valence-corrected chi connectivity index (χ4v) is 5.53. The van der Waals surface area contributed by atoms with Crippen LogP contribution in [0.15, 0.2) is 48.8 Å². The van der Waals surface area contributed by atoms with Gasteiger partial charge in [-0.05, 0) is 57.3 Å². The molecule has 2 atom stereocenters. The minimum Gasteiger partial charge on any atom is -0.385 e. The second-order valence-corrected chi connectivity index (χ2v) is 10.5. The molecule has 2 aromatic rings. The molecular weight excluding hydrogens is 424 g/mol. The highest BCUT2D eigenvalue weighted by molar-refractivity contribution is 8.23. The molecule has 1 fully saturated rings. The van der Waals surface area contributed by atoms with Crippen LogP contribution in [0.1, 0.15) is 50.7 Å². The first kappa shape index (κ1) is 23.7. The van der Waals surface area contributed by atoms with E-state index in [9.17, 15) is 4.79 Å². The van der Waals surface area contributed by atoms with Gasteiger partial charge < -0.3 is 11.1 Å². The van der Waals surface area contributed by atoms with Crippen molar-refractivity contribution in [1.29, 1.82) is 0 Å². The number of hydrogen-bond donors (Lipinski definition) is 2. The van der Waals surface area contributed by atoms with Crippen LogP contribution in [-0.4, -0.2) is 33.2 Å². The van der Waals surface area contributed by atoms with Gasteiger partial charge in [-0.25, -0.2) is 0 Å². The molecule has 5 nitrogen and oxygen atoms in total. The summed E-state index contributed by atoms with van der Waals surface area (Å²) >= 11 is 6.59. The Balaban J connectivity index is 1.66. The third-order valence-electron chi connectivity index (χ3n) is 6.09. The number of thioether (sulfide) groups is 1. The summed E-state index contributed by atoms with van der Waals surface area (Å²) in [6, 6.07) is 12.4. The lowest BCUT2D eigenvalue weighted by molar-refractivity contribution is -0.120. The summed E-state index contributed by atoms with van der Waals surface area (Å²) in [7, 11) is 0. The van der Waals surface area contributed by atoms with E-state index in [4.69, 9.17) is 18.0 Å². The van der Waals surface area contributed by atoms with Gasteiger partial charge in [0.15, 0.2) is 0 Å². The third-order valence-corrected chi connectivity index (χ3v) is 7.50. The van der Waals surface area contributed by atoms with Gasteiger partial charge in [0.2, 0.25) is 5.91 Å². The van der Waals surface area contributed by atoms with Gasteiger partial charge in [0.05, 0.1) is 0 Å². The van der Waals surface area contributed by atoms with Crippen molar-refractivity contribution < 1.29 is 4.79 Å². The number of likely N-dealkylation sites (tertiary alicyclic amines) is 1. The number of amides is 1. The molecular formula is C24H32N4OS2. The average molecular weight is 457 g/mol. The highest BCUT2D eigenvalue weighted by Crippen LogP contribution is 2.42. The van der Waals surface area contributed by atoms with Gasteiger partial charge in [-0.15, -0.1) is 0 Å². The number of nitrogens with zero attached hydrogens (tertiary/aromatic N) is 2. The summed E-state index contributed by atoms with van der Waals surface area (Å²) in [4.78, 5) is 19.9. The number of carbonyl (C=O) groups is 1. The highest BCUT2D eigenvalue weighted by atomic mass is 32.2. The van der Waals surface area contributed by atoms with E-state index >= 15 is 0 Å². The summed E-state index contributed by atoms with van der Waals surface area (Å²) in [5, 5.41) is 3.19. The lowest BCUT2D eigenvalue weighted by Crippen LogP contribution is -2.28. The summed E-state index contributed by atoms with van der Waals surface area (Å²) in [6.07, 6.45) is 7.16. The van der Waals surface area contributed by atoms with Gasteiger partial charge in [0.25, 0.3) is 0 Å². The molecule has 0 bridgehead atoms. The van der Waals surface area contributed by atoms with Crippen molar-refractivity contribution in [2.75, 3.05) is 18.4 Å². The Kier molecular flexibility index (Phi) is 8.46. The molecule has 1 aromatic heterocycles. The first-order valence-corrected chi connectivity index (χ1v) is 12.1. The smallest absolute Gasteiger partial charge is 0.227 e. The van der Waals surface area contributed by atoms with Crippen LogP contribution in [0.25, 0.3) is 0 Å². The number of carbonyl (C=O) groups excluding carboxylic acids is 1. The quantitative estimate of drug-likeness (QED) is 0.576. The second kappa shape index (κ2) is 11.1. The van der Waals surface area contributed by atoms with E-state index in [1.807, 2.05) is 18.3 Å². The molecule has 31 heavy (non-hydrogen) atoms. The van der Waals surface area contributed by atoms with E-state index in [-0.39, 0.29) is 16.6 Å². The molecule has 1 aliphatic heterocycles. The summed E-state index contributed by atoms with van der Waals surface area (Å²) in [5.74, 6) is 0.102. The van der Waals surface area contributed by atoms with Crippen molar-refractivity contribution in [3.05, 3.63) is 59.9 Å². The van der Waals surface area contributed by atoms with Crippen LogP contribution in [0.4, 0.5) is 5.69 Å². The number of hydrogen-bond acceptors (Lipinski definition) is 5. The number of pyridine rings is 1. The van der Waals surface area contributed by atoms with Crippen LogP contribution in [0.3, 0.4) is 0 Å². The zero-order valence-corrected chi connectivity index (χ0v) is 20.0. The first-order valence-electron chi connectivity index (χ1n) is 10.9. The number of thiocarbonyl (C=S) groups is 1.